The maximum atomic E-state index is 12.4. The molecule has 0 saturated carbocycles. The number of benzene rings is 2. The van der Waals surface area contributed by atoms with Crippen LogP contribution >= 0.6 is 0 Å². The van der Waals surface area contributed by atoms with Crippen molar-refractivity contribution in [2.45, 2.75) is 27.3 Å². The number of nitrogens with one attached hydrogen (secondary N) is 1. The van der Waals surface area contributed by atoms with Gasteiger partial charge in [0.05, 0.1) is 0 Å². The van der Waals surface area contributed by atoms with E-state index in [2.05, 4.69) is 36.3 Å². The van der Waals surface area contributed by atoms with Gasteiger partial charge < -0.3 is 10.2 Å². The summed E-state index contributed by atoms with van der Waals surface area (Å²) in [6.45, 7) is 7.27. The van der Waals surface area contributed by atoms with Crippen LogP contribution in [0.2, 0.25) is 0 Å². The highest BCUT2D eigenvalue weighted by Crippen LogP contribution is 2.30. The number of carbonyl (C=O) groups is 2. The molecule has 0 aliphatic rings. The molecule has 0 fully saturated rings. The number of aryl methyl sites for hydroxylation is 1. The van der Waals surface area contributed by atoms with E-state index in [4.69, 9.17) is 0 Å². The van der Waals surface area contributed by atoms with Crippen molar-refractivity contribution in [3.63, 3.8) is 0 Å². The summed E-state index contributed by atoms with van der Waals surface area (Å²) < 4.78 is 0. The van der Waals surface area contributed by atoms with Crippen LogP contribution in [0.15, 0.2) is 48.7 Å². The normalized spacial score (nSPS) is 10.9. The number of rotatable bonds is 7. The molecule has 1 heterocycles. The third kappa shape index (κ3) is 4.80. The predicted octanol–water partition coefficient (Wildman–Crippen LogP) is 4.18. The molecular weight excluding hydrogens is 362 g/mol. The van der Waals surface area contributed by atoms with Crippen LogP contribution in [-0.2, 0) is 11.3 Å². The lowest BCUT2D eigenvalue weighted by atomic mass is 9.96. The Kier molecular flexibility index (Phi) is 6.27. The molecule has 0 unspecified atom stereocenters. The van der Waals surface area contributed by atoms with Gasteiger partial charge in [0.15, 0.2) is 0 Å². The van der Waals surface area contributed by atoms with Crippen LogP contribution in [0.5, 0.6) is 0 Å². The van der Waals surface area contributed by atoms with Crippen LogP contribution in [0.3, 0.4) is 0 Å². The van der Waals surface area contributed by atoms with Gasteiger partial charge in [0.1, 0.15) is 0 Å². The fourth-order valence-corrected chi connectivity index (χ4v) is 3.27. The molecule has 0 atom stereocenters. The van der Waals surface area contributed by atoms with Gasteiger partial charge in [-0.1, -0.05) is 38.1 Å². The minimum atomic E-state index is -0.0535. The van der Waals surface area contributed by atoms with Gasteiger partial charge in [0, 0.05) is 43.2 Å². The number of pyridine rings is 1. The second-order valence-electron chi connectivity index (χ2n) is 7.83. The summed E-state index contributed by atoms with van der Waals surface area (Å²) in [7, 11) is 1.75. The Morgan fingerprint density at radius 2 is 2.00 bits per heavy atom. The third-order valence-electron chi connectivity index (χ3n) is 4.92. The van der Waals surface area contributed by atoms with Crippen LogP contribution in [0.4, 0.5) is 0 Å². The zero-order valence-corrected chi connectivity index (χ0v) is 17.4. The zero-order valence-electron chi connectivity index (χ0n) is 17.4. The minimum Gasteiger partial charge on any atom is -0.352 e. The molecule has 0 radical (unpaired) electrons. The highest BCUT2D eigenvalue weighted by molar-refractivity contribution is 6.02. The molecule has 0 aliphatic carbocycles. The molecule has 1 aromatic heterocycles. The number of fused-ring (bicyclic) bond motifs is 1. The van der Waals surface area contributed by atoms with Crippen molar-refractivity contribution in [1.82, 2.24) is 15.2 Å². The van der Waals surface area contributed by atoms with Gasteiger partial charge in [0.25, 0.3) is 5.91 Å². The fourth-order valence-electron chi connectivity index (χ4n) is 3.27. The van der Waals surface area contributed by atoms with E-state index in [-0.39, 0.29) is 5.91 Å². The lowest BCUT2D eigenvalue weighted by molar-refractivity contribution is -0.117. The molecule has 150 valence electrons. The average Bonchev–Trinajstić information content (AvgIpc) is 2.72. The van der Waals surface area contributed by atoms with Crippen molar-refractivity contribution in [3.05, 3.63) is 65.5 Å². The van der Waals surface area contributed by atoms with Gasteiger partial charge in [-0.15, -0.1) is 0 Å². The first-order valence-corrected chi connectivity index (χ1v) is 9.81. The van der Waals surface area contributed by atoms with Crippen molar-refractivity contribution >= 4 is 23.1 Å². The molecular formula is C24H27N3O2. The summed E-state index contributed by atoms with van der Waals surface area (Å²) in [5.74, 6) is 0.356. The number of carbonyl (C=O) groups excluding carboxylic acids is 2. The first-order chi connectivity index (χ1) is 13.9. The monoisotopic (exact) mass is 389 g/mol. The molecule has 5 nitrogen and oxygen atoms in total. The van der Waals surface area contributed by atoms with E-state index in [0.29, 0.717) is 24.6 Å². The molecule has 2 aromatic carbocycles. The first-order valence-electron chi connectivity index (χ1n) is 9.81. The van der Waals surface area contributed by atoms with Crippen LogP contribution in [0.25, 0.3) is 21.9 Å². The Morgan fingerprint density at radius 3 is 2.72 bits per heavy atom. The molecule has 0 aliphatic heterocycles. The van der Waals surface area contributed by atoms with Gasteiger partial charge >= 0.3 is 0 Å². The van der Waals surface area contributed by atoms with Gasteiger partial charge in [-0.2, -0.15) is 0 Å². The number of amides is 2. The summed E-state index contributed by atoms with van der Waals surface area (Å²) in [6.07, 6.45) is 2.67. The topological polar surface area (TPSA) is 62.3 Å². The summed E-state index contributed by atoms with van der Waals surface area (Å²) in [6, 6.07) is 13.9. The Hall–Kier alpha value is -3.21. The van der Waals surface area contributed by atoms with Gasteiger partial charge in [-0.25, -0.2) is 0 Å². The zero-order chi connectivity index (χ0) is 21.0. The van der Waals surface area contributed by atoms with Crippen LogP contribution in [-0.4, -0.2) is 35.8 Å². The number of hydrogen-bond donors (Lipinski definition) is 1. The van der Waals surface area contributed by atoms with Crippen LogP contribution in [0.1, 0.15) is 35.5 Å². The molecule has 1 N–H and O–H groups in total. The molecule has 0 bridgehead atoms. The average molecular weight is 389 g/mol. The van der Waals surface area contributed by atoms with Crippen LogP contribution < -0.4 is 5.32 Å². The van der Waals surface area contributed by atoms with E-state index in [1.807, 2.05) is 43.5 Å². The summed E-state index contributed by atoms with van der Waals surface area (Å²) >= 11 is 0. The van der Waals surface area contributed by atoms with E-state index < -0.39 is 0 Å². The second-order valence-corrected chi connectivity index (χ2v) is 7.83. The van der Waals surface area contributed by atoms with E-state index in [0.717, 1.165) is 39.6 Å². The van der Waals surface area contributed by atoms with Crippen LogP contribution in [0, 0.1) is 12.8 Å². The van der Waals surface area contributed by atoms with Crippen molar-refractivity contribution < 1.29 is 9.59 Å². The third-order valence-corrected chi connectivity index (χ3v) is 4.92. The molecule has 5 heteroatoms. The van der Waals surface area contributed by atoms with E-state index >= 15 is 0 Å². The van der Waals surface area contributed by atoms with Gasteiger partial charge in [-0.3, -0.25) is 14.6 Å². The predicted molar refractivity (Wildman–Crippen MR) is 117 cm³/mol. The number of aromatic nitrogens is 1. The Bertz CT molecular complexity index is 1040. The molecule has 2 amide bonds. The summed E-state index contributed by atoms with van der Waals surface area (Å²) in [5, 5.41) is 5.03. The molecule has 3 aromatic rings. The maximum absolute atomic E-state index is 12.4. The molecule has 29 heavy (non-hydrogen) atoms. The lowest BCUT2D eigenvalue weighted by Crippen LogP contribution is -2.27. The standard InChI is InChI=1S/C24H27N3O2/c1-16(2)12-26-24(29)19-8-9-23-18(10-19)6-5-7-22(23)20-11-21(14-27(4)15-28)17(3)25-13-20/h5-11,13,15-16H,12,14H2,1-4H3,(H,26,29). The van der Waals surface area contributed by atoms with Crippen molar-refractivity contribution in [3.8, 4) is 11.1 Å². The molecule has 0 spiro atoms. The molecule has 0 saturated heterocycles. The van der Waals surface area contributed by atoms with Gasteiger partial charge in [-0.05, 0) is 52.9 Å². The Balaban J connectivity index is 1.98. The maximum Gasteiger partial charge on any atom is 0.251 e. The highest BCUT2D eigenvalue weighted by Gasteiger charge is 2.11. The van der Waals surface area contributed by atoms with Gasteiger partial charge in [0.2, 0.25) is 6.41 Å². The van der Waals surface area contributed by atoms with Crippen molar-refractivity contribution in [1.29, 1.82) is 0 Å². The first kappa shape index (κ1) is 20.5. The minimum absolute atomic E-state index is 0.0535. The van der Waals surface area contributed by atoms with Crippen molar-refractivity contribution in [2.24, 2.45) is 5.92 Å². The van der Waals surface area contributed by atoms with E-state index in [9.17, 15) is 9.59 Å². The lowest BCUT2D eigenvalue weighted by Gasteiger charge is -2.15. The quantitative estimate of drug-likeness (QED) is 0.617. The number of nitrogens with zero attached hydrogens (tertiary/aromatic N) is 2. The summed E-state index contributed by atoms with van der Waals surface area (Å²) in [5.41, 5.74) is 4.63. The second kappa shape index (κ2) is 8.86. The van der Waals surface area contributed by atoms with E-state index in [1.54, 1.807) is 11.9 Å². The Labute approximate surface area is 171 Å². The van der Waals surface area contributed by atoms with E-state index in [1.165, 1.54) is 0 Å². The number of hydrogen-bond acceptors (Lipinski definition) is 3. The highest BCUT2D eigenvalue weighted by atomic mass is 16.1. The SMILES string of the molecule is Cc1ncc(-c2cccc3cc(C(=O)NCC(C)C)ccc23)cc1CN(C)C=O. The smallest absolute Gasteiger partial charge is 0.251 e. The fraction of sp³-hybridized carbons (Fsp3) is 0.292. The largest absolute Gasteiger partial charge is 0.352 e. The Morgan fingerprint density at radius 1 is 1.21 bits per heavy atom. The summed E-state index contributed by atoms with van der Waals surface area (Å²) in [4.78, 5) is 29.5. The molecule has 3 rings (SSSR count). The van der Waals surface area contributed by atoms with Crippen molar-refractivity contribution in [2.75, 3.05) is 13.6 Å².